The molecule has 4 rings (SSSR count). The number of rotatable bonds is 7. The third kappa shape index (κ3) is 4.74. The van der Waals surface area contributed by atoms with Gasteiger partial charge in [-0.3, -0.25) is 4.79 Å². The Balaban J connectivity index is 1.62. The van der Waals surface area contributed by atoms with Crippen LogP contribution in [0.25, 0.3) is 0 Å². The highest BCUT2D eigenvalue weighted by Crippen LogP contribution is 2.37. The number of nitrogens with zero attached hydrogens (tertiary/aromatic N) is 4. The molecular formula is C22H24N4O2S. The molecular weight excluding hydrogens is 384 g/mol. The Morgan fingerprint density at radius 1 is 1.14 bits per heavy atom. The van der Waals surface area contributed by atoms with Crippen LogP contribution in [0.1, 0.15) is 45.1 Å². The van der Waals surface area contributed by atoms with Gasteiger partial charge >= 0.3 is 0 Å². The van der Waals surface area contributed by atoms with Crippen molar-refractivity contribution in [2.75, 3.05) is 6.61 Å². The van der Waals surface area contributed by atoms with Crippen molar-refractivity contribution < 1.29 is 9.53 Å². The molecule has 0 unspecified atom stereocenters. The number of aromatic nitrogens is 4. The third-order valence-corrected chi connectivity index (χ3v) is 6.30. The molecule has 1 aliphatic heterocycles. The van der Waals surface area contributed by atoms with Gasteiger partial charge in [0.25, 0.3) is 0 Å². The standard InChI is InChI=1S/C22H24N4O2S/c1-15-5-9-17(10-6-15)20(27)21(18-11-7-16(2)8-12-18)29-22-23-24-25-26(22)14-19-4-3-13-28-19/h5-12,19,21H,3-4,13-14H2,1-2H3/t19-,21+/m1/s1. The Labute approximate surface area is 174 Å². The molecule has 1 fully saturated rings. The molecule has 0 amide bonds. The van der Waals surface area contributed by atoms with Crippen molar-refractivity contribution in [1.29, 1.82) is 0 Å². The summed E-state index contributed by atoms with van der Waals surface area (Å²) in [4.78, 5) is 13.4. The van der Waals surface area contributed by atoms with E-state index in [4.69, 9.17) is 4.74 Å². The molecule has 0 saturated carbocycles. The molecule has 7 heteroatoms. The molecule has 29 heavy (non-hydrogen) atoms. The molecule has 2 atom stereocenters. The lowest BCUT2D eigenvalue weighted by Crippen LogP contribution is -2.18. The van der Waals surface area contributed by atoms with Crippen LogP contribution in [-0.2, 0) is 11.3 Å². The van der Waals surface area contributed by atoms with E-state index in [0.29, 0.717) is 17.3 Å². The zero-order chi connectivity index (χ0) is 20.2. The highest BCUT2D eigenvalue weighted by atomic mass is 32.2. The molecule has 0 N–H and O–H groups in total. The maximum absolute atomic E-state index is 13.4. The van der Waals surface area contributed by atoms with Crippen LogP contribution in [0.4, 0.5) is 0 Å². The van der Waals surface area contributed by atoms with Crippen molar-refractivity contribution in [3.05, 3.63) is 70.8 Å². The van der Waals surface area contributed by atoms with Crippen LogP contribution < -0.4 is 0 Å². The number of ketones is 1. The molecule has 2 aromatic carbocycles. The smallest absolute Gasteiger partial charge is 0.210 e. The third-order valence-electron chi connectivity index (χ3n) is 5.08. The fourth-order valence-electron chi connectivity index (χ4n) is 3.37. The Morgan fingerprint density at radius 2 is 1.83 bits per heavy atom. The van der Waals surface area contributed by atoms with Crippen LogP contribution in [-0.4, -0.2) is 38.7 Å². The van der Waals surface area contributed by atoms with Crippen molar-refractivity contribution >= 4 is 17.5 Å². The molecule has 1 saturated heterocycles. The van der Waals surface area contributed by atoms with Gasteiger partial charge in [0.15, 0.2) is 5.78 Å². The first-order valence-corrected chi connectivity index (χ1v) is 10.7. The van der Waals surface area contributed by atoms with Gasteiger partial charge in [0.1, 0.15) is 5.25 Å². The summed E-state index contributed by atoms with van der Waals surface area (Å²) in [5, 5.41) is 12.4. The quantitative estimate of drug-likeness (QED) is 0.431. The Kier molecular flexibility index (Phi) is 6.06. The fourth-order valence-corrected chi connectivity index (χ4v) is 4.43. The monoisotopic (exact) mass is 408 g/mol. The van der Waals surface area contributed by atoms with E-state index in [9.17, 15) is 4.79 Å². The first kappa shape index (κ1) is 19.8. The van der Waals surface area contributed by atoms with Crippen molar-refractivity contribution in [2.45, 2.75) is 49.7 Å². The zero-order valence-electron chi connectivity index (χ0n) is 16.6. The van der Waals surface area contributed by atoms with Crippen LogP contribution in [0.15, 0.2) is 53.7 Å². The van der Waals surface area contributed by atoms with E-state index in [0.717, 1.165) is 36.1 Å². The van der Waals surface area contributed by atoms with Crippen LogP contribution in [0.3, 0.4) is 0 Å². The fraction of sp³-hybridized carbons (Fsp3) is 0.364. The number of hydrogen-bond acceptors (Lipinski definition) is 6. The van der Waals surface area contributed by atoms with Crippen LogP contribution in [0.5, 0.6) is 0 Å². The number of aryl methyl sites for hydroxylation is 2. The summed E-state index contributed by atoms with van der Waals surface area (Å²) in [6.07, 6.45) is 2.20. The van der Waals surface area contributed by atoms with E-state index in [1.807, 2.05) is 62.4 Å². The maximum atomic E-state index is 13.4. The summed E-state index contributed by atoms with van der Waals surface area (Å²) < 4.78 is 7.47. The first-order valence-electron chi connectivity index (χ1n) is 9.82. The molecule has 3 aromatic rings. The van der Waals surface area contributed by atoms with Crippen molar-refractivity contribution in [1.82, 2.24) is 20.2 Å². The zero-order valence-corrected chi connectivity index (χ0v) is 17.4. The van der Waals surface area contributed by atoms with Crippen molar-refractivity contribution in [3.8, 4) is 0 Å². The second-order valence-corrected chi connectivity index (χ2v) is 8.49. The summed E-state index contributed by atoms with van der Waals surface area (Å²) >= 11 is 1.39. The average molecular weight is 409 g/mol. The number of benzene rings is 2. The van der Waals surface area contributed by atoms with Gasteiger partial charge in [-0.15, -0.1) is 5.10 Å². The lowest BCUT2D eigenvalue weighted by molar-refractivity contribution is 0.0911. The predicted octanol–water partition coefficient (Wildman–Crippen LogP) is 4.19. The van der Waals surface area contributed by atoms with Crippen LogP contribution >= 0.6 is 11.8 Å². The van der Waals surface area contributed by atoms with Crippen molar-refractivity contribution in [2.24, 2.45) is 0 Å². The highest BCUT2D eigenvalue weighted by Gasteiger charge is 2.27. The van der Waals surface area contributed by atoms with E-state index in [2.05, 4.69) is 15.5 Å². The van der Waals surface area contributed by atoms with Gasteiger partial charge in [0, 0.05) is 12.2 Å². The number of carbonyl (C=O) groups excluding carboxylic acids is 1. The summed E-state index contributed by atoms with van der Waals surface area (Å²) in [5.41, 5.74) is 3.91. The van der Waals surface area contributed by atoms with Gasteiger partial charge in [0.2, 0.25) is 5.16 Å². The summed E-state index contributed by atoms with van der Waals surface area (Å²) in [5.74, 6) is 0.0468. The SMILES string of the molecule is Cc1ccc(C(=O)[C@@H](Sc2nnnn2C[C@H]2CCCO2)c2ccc(C)cc2)cc1. The van der Waals surface area contributed by atoms with E-state index in [1.54, 1.807) is 4.68 Å². The Bertz CT molecular complexity index is 963. The molecule has 2 heterocycles. The largest absolute Gasteiger partial charge is 0.376 e. The number of hydrogen-bond donors (Lipinski definition) is 0. The minimum Gasteiger partial charge on any atom is -0.376 e. The van der Waals surface area contributed by atoms with E-state index >= 15 is 0 Å². The molecule has 0 spiro atoms. The van der Waals surface area contributed by atoms with E-state index in [1.165, 1.54) is 11.8 Å². The summed E-state index contributed by atoms with van der Waals surface area (Å²) in [6.45, 7) is 5.44. The summed E-state index contributed by atoms with van der Waals surface area (Å²) in [6, 6.07) is 15.8. The lowest BCUT2D eigenvalue weighted by Gasteiger charge is -2.17. The average Bonchev–Trinajstić information content (AvgIpc) is 3.40. The predicted molar refractivity (Wildman–Crippen MR) is 112 cm³/mol. The van der Waals surface area contributed by atoms with Gasteiger partial charge in [0.05, 0.1) is 12.6 Å². The number of thioether (sulfide) groups is 1. The van der Waals surface area contributed by atoms with E-state index < -0.39 is 5.25 Å². The van der Waals surface area contributed by atoms with Gasteiger partial charge in [-0.05, 0) is 42.7 Å². The van der Waals surface area contributed by atoms with Crippen LogP contribution in [0, 0.1) is 13.8 Å². The van der Waals surface area contributed by atoms with Gasteiger partial charge < -0.3 is 4.74 Å². The Hall–Kier alpha value is -2.51. The molecule has 0 aliphatic carbocycles. The lowest BCUT2D eigenvalue weighted by atomic mass is 10.0. The van der Waals surface area contributed by atoms with E-state index in [-0.39, 0.29) is 11.9 Å². The van der Waals surface area contributed by atoms with Crippen molar-refractivity contribution in [3.63, 3.8) is 0 Å². The second kappa shape index (κ2) is 8.88. The maximum Gasteiger partial charge on any atom is 0.210 e. The number of carbonyl (C=O) groups is 1. The van der Waals surface area contributed by atoms with Gasteiger partial charge in [-0.2, -0.15) is 0 Å². The molecule has 6 nitrogen and oxygen atoms in total. The van der Waals surface area contributed by atoms with Crippen LogP contribution in [0.2, 0.25) is 0 Å². The Morgan fingerprint density at radius 3 is 2.48 bits per heavy atom. The molecule has 1 aromatic heterocycles. The topological polar surface area (TPSA) is 69.9 Å². The van der Waals surface area contributed by atoms with Gasteiger partial charge in [-0.25, -0.2) is 4.68 Å². The molecule has 150 valence electrons. The summed E-state index contributed by atoms with van der Waals surface area (Å²) in [7, 11) is 0. The first-order chi connectivity index (χ1) is 14.1. The molecule has 1 aliphatic rings. The van der Waals surface area contributed by atoms with Gasteiger partial charge in [-0.1, -0.05) is 71.4 Å². The highest BCUT2D eigenvalue weighted by molar-refractivity contribution is 8.00. The number of tetrazole rings is 1. The number of Topliss-reactive ketones (excluding diaryl/α,β-unsaturated/α-hetero) is 1. The second-order valence-electron chi connectivity index (χ2n) is 7.42. The minimum absolute atomic E-state index is 0.0468. The minimum atomic E-state index is -0.424. The molecule has 0 bridgehead atoms. The molecule has 0 radical (unpaired) electrons. The number of ether oxygens (including phenoxy) is 1. The normalized spacial score (nSPS) is 17.4.